The zero-order valence-electron chi connectivity index (χ0n) is 17.2. The summed E-state index contributed by atoms with van der Waals surface area (Å²) in [6.07, 6.45) is 1.59. The number of amides is 2. The van der Waals surface area contributed by atoms with Crippen molar-refractivity contribution in [1.29, 1.82) is 0 Å². The Bertz CT molecular complexity index is 1160. The van der Waals surface area contributed by atoms with Crippen molar-refractivity contribution >= 4 is 85.8 Å². The summed E-state index contributed by atoms with van der Waals surface area (Å²) in [5.74, 6) is -0.626. The third kappa shape index (κ3) is 5.84. The summed E-state index contributed by atoms with van der Waals surface area (Å²) in [4.78, 5) is 48.3. The highest BCUT2D eigenvalue weighted by molar-refractivity contribution is 14.1. The number of hydrogen-bond acceptors (Lipinski definition) is 8. The maximum absolute atomic E-state index is 12.7. The van der Waals surface area contributed by atoms with Crippen molar-refractivity contribution in [1.82, 2.24) is 4.90 Å². The third-order valence-electron chi connectivity index (χ3n) is 4.58. The number of nitrogens with zero attached hydrogens (tertiary/aromatic N) is 2. The Balaban J connectivity index is 1.79. The Hall–Kier alpha value is -2.20. The van der Waals surface area contributed by atoms with Crippen LogP contribution >= 0.6 is 56.9 Å². The average Bonchev–Trinajstić information content (AvgIpc) is 3.04. The first-order chi connectivity index (χ1) is 15.6. The summed E-state index contributed by atoms with van der Waals surface area (Å²) in [6.45, 7) is 1.59. The summed E-state index contributed by atoms with van der Waals surface area (Å²) in [5.41, 5.74) is 1.34. The zero-order chi connectivity index (χ0) is 24.3. The molecule has 12 heteroatoms. The summed E-state index contributed by atoms with van der Waals surface area (Å²) in [7, 11) is 1.19. The van der Waals surface area contributed by atoms with Crippen molar-refractivity contribution in [3.63, 3.8) is 0 Å². The molecule has 0 radical (unpaired) electrons. The molecule has 0 spiro atoms. The van der Waals surface area contributed by atoms with Gasteiger partial charge in [0.05, 0.1) is 24.1 Å². The fraction of sp³-hybridized carbons (Fsp3) is 0.190. The Morgan fingerprint density at radius 3 is 2.52 bits per heavy atom. The number of benzene rings is 2. The fourth-order valence-electron chi connectivity index (χ4n) is 2.96. The van der Waals surface area contributed by atoms with Gasteiger partial charge in [0.1, 0.15) is 18.4 Å². The molecule has 0 unspecified atom stereocenters. The molecular weight excluding hydrogens is 678 g/mol. The molecule has 2 aromatic carbocycles. The lowest BCUT2D eigenvalue weighted by molar-refractivity contribution is -0.384. The molecule has 2 aromatic rings. The molecule has 0 saturated carbocycles. The molecule has 9 nitrogen and oxygen atoms in total. The first-order valence-corrected chi connectivity index (χ1v) is 12.3. The van der Waals surface area contributed by atoms with Gasteiger partial charge in [-0.1, -0.05) is 12.1 Å². The van der Waals surface area contributed by atoms with E-state index in [1.165, 1.54) is 26.2 Å². The fourth-order valence-corrected chi connectivity index (χ4v) is 5.99. The maximum atomic E-state index is 12.7. The van der Waals surface area contributed by atoms with Crippen molar-refractivity contribution in [3.05, 3.63) is 69.7 Å². The summed E-state index contributed by atoms with van der Waals surface area (Å²) in [6, 6.07) is 8.79. The van der Waals surface area contributed by atoms with E-state index in [0.29, 0.717) is 16.9 Å². The molecule has 0 aromatic heterocycles. The molecule has 1 aliphatic rings. The van der Waals surface area contributed by atoms with Crippen LogP contribution in [0.3, 0.4) is 0 Å². The number of ether oxygens (including phenoxy) is 2. The van der Waals surface area contributed by atoms with Gasteiger partial charge in [0.25, 0.3) is 16.8 Å². The van der Waals surface area contributed by atoms with Crippen molar-refractivity contribution < 1.29 is 28.8 Å². The van der Waals surface area contributed by atoms with E-state index in [9.17, 15) is 24.5 Å². The summed E-state index contributed by atoms with van der Waals surface area (Å²) in [5, 5.41) is 10.4. The van der Waals surface area contributed by atoms with Gasteiger partial charge >= 0.3 is 5.97 Å². The van der Waals surface area contributed by atoms with Crippen LogP contribution in [0.1, 0.15) is 18.1 Å². The van der Waals surface area contributed by atoms with Gasteiger partial charge in [0.15, 0.2) is 0 Å². The third-order valence-corrected chi connectivity index (χ3v) is 7.06. The molecule has 172 valence electrons. The predicted molar refractivity (Wildman–Crippen MR) is 139 cm³/mol. The summed E-state index contributed by atoms with van der Waals surface area (Å²) >= 11 is 4.96. The van der Waals surface area contributed by atoms with Crippen molar-refractivity contribution in [2.75, 3.05) is 7.11 Å². The van der Waals surface area contributed by atoms with Gasteiger partial charge in [-0.3, -0.25) is 24.6 Å². The van der Waals surface area contributed by atoms with Crippen LogP contribution < -0.4 is 4.74 Å². The number of nitro groups is 1. The molecule has 2 amide bonds. The molecule has 1 saturated heterocycles. The van der Waals surface area contributed by atoms with Gasteiger partial charge in [-0.25, -0.2) is 4.79 Å². The van der Waals surface area contributed by atoms with E-state index in [-0.39, 0.29) is 17.2 Å². The summed E-state index contributed by atoms with van der Waals surface area (Å²) < 4.78 is 12.0. The van der Waals surface area contributed by atoms with Gasteiger partial charge in [-0.15, -0.1) is 0 Å². The molecule has 1 heterocycles. The van der Waals surface area contributed by atoms with E-state index >= 15 is 0 Å². The Morgan fingerprint density at radius 1 is 1.24 bits per heavy atom. The van der Waals surface area contributed by atoms with E-state index in [1.54, 1.807) is 30.3 Å². The van der Waals surface area contributed by atoms with Crippen LogP contribution in [-0.2, 0) is 20.9 Å². The second-order valence-electron chi connectivity index (χ2n) is 6.78. The van der Waals surface area contributed by atoms with E-state index in [1.807, 2.05) is 0 Å². The molecule has 0 aliphatic carbocycles. The van der Waals surface area contributed by atoms with Gasteiger partial charge < -0.3 is 9.47 Å². The SMILES string of the molecule is COC(=O)[C@H](C)N1C(=O)S/C(=C/c2cc(I)c(OCc3cccc([N+](=O)[O-])c3)c(I)c2)C1=O. The van der Waals surface area contributed by atoms with E-state index in [2.05, 4.69) is 49.9 Å². The minimum absolute atomic E-state index is 0.00805. The number of rotatable bonds is 7. The van der Waals surface area contributed by atoms with Crippen molar-refractivity contribution in [2.45, 2.75) is 19.6 Å². The largest absolute Gasteiger partial charge is 0.487 e. The number of esters is 1. The minimum atomic E-state index is -1.02. The first kappa shape index (κ1) is 25.4. The van der Waals surface area contributed by atoms with Crippen LogP contribution in [-0.4, -0.2) is 40.1 Å². The zero-order valence-corrected chi connectivity index (χ0v) is 22.4. The number of methoxy groups -OCH3 is 1. The molecule has 33 heavy (non-hydrogen) atoms. The smallest absolute Gasteiger partial charge is 0.328 e. The number of halogens is 2. The van der Waals surface area contributed by atoms with E-state index < -0.39 is 28.1 Å². The topological polar surface area (TPSA) is 116 Å². The second kappa shape index (κ2) is 10.8. The number of imide groups is 1. The van der Waals surface area contributed by atoms with Crippen LogP contribution in [0.2, 0.25) is 0 Å². The lowest BCUT2D eigenvalue weighted by Gasteiger charge is -2.18. The predicted octanol–water partition coefficient (Wildman–Crippen LogP) is 4.98. The maximum Gasteiger partial charge on any atom is 0.328 e. The molecular formula is C21H16I2N2O7S. The quantitative estimate of drug-likeness (QED) is 0.131. The van der Waals surface area contributed by atoms with Crippen LogP contribution in [0.5, 0.6) is 5.75 Å². The Morgan fingerprint density at radius 2 is 1.91 bits per heavy atom. The van der Waals surface area contributed by atoms with Crippen molar-refractivity contribution in [3.8, 4) is 5.75 Å². The van der Waals surface area contributed by atoms with Gasteiger partial charge in [0, 0.05) is 12.1 Å². The number of thioether (sulfide) groups is 1. The van der Waals surface area contributed by atoms with E-state index in [0.717, 1.165) is 23.8 Å². The molecule has 0 N–H and O–H groups in total. The molecule has 3 rings (SSSR count). The van der Waals surface area contributed by atoms with Crippen LogP contribution in [0, 0.1) is 17.3 Å². The van der Waals surface area contributed by atoms with Gasteiger partial charge in [-0.05, 0) is 93.2 Å². The molecule has 0 bridgehead atoms. The second-order valence-corrected chi connectivity index (χ2v) is 10.1. The normalized spacial score (nSPS) is 15.6. The first-order valence-electron chi connectivity index (χ1n) is 9.32. The monoisotopic (exact) mass is 694 g/mol. The molecule has 1 aliphatic heterocycles. The number of carbonyl (C=O) groups excluding carboxylic acids is 3. The number of hydrogen-bond donors (Lipinski definition) is 0. The minimum Gasteiger partial charge on any atom is -0.487 e. The Labute approximate surface area is 220 Å². The number of nitro benzene ring substituents is 1. The number of carbonyl (C=O) groups is 3. The standard InChI is InChI=1S/C21H16I2N2O7S/c1-11(20(27)31-2)24-19(26)17(33-21(24)28)9-13-7-15(22)18(16(23)8-13)32-10-12-4-3-5-14(6-12)25(29)30/h3-9,11H,10H2,1-2H3/b17-9+/t11-/m0/s1. The van der Waals surface area contributed by atoms with Gasteiger partial charge in [0.2, 0.25) is 0 Å². The highest BCUT2D eigenvalue weighted by Gasteiger charge is 2.41. The Kier molecular flexibility index (Phi) is 8.33. The average molecular weight is 694 g/mol. The van der Waals surface area contributed by atoms with Crippen LogP contribution in [0.4, 0.5) is 10.5 Å². The molecule has 1 fully saturated rings. The van der Waals surface area contributed by atoms with E-state index in [4.69, 9.17) is 4.74 Å². The lowest BCUT2D eigenvalue weighted by Crippen LogP contribution is -2.42. The highest BCUT2D eigenvalue weighted by Crippen LogP contribution is 2.36. The van der Waals surface area contributed by atoms with Gasteiger partial charge in [-0.2, -0.15) is 0 Å². The lowest BCUT2D eigenvalue weighted by atomic mass is 10.2. The van der Waals surface area contributed by atoms with Crippen molar-refractivity contribution in [2.24, 2.45) is 0 Å². The number of non-ortho nitro benzene ring substituents is 1. The molecule has 1 atom stereocenters. The van der Waals surface area contributed by atoms with Crippen LogP contribution in [0.25, 0.3) is 6.08 Å². The highest BCUT2D eigenvalue weighted by atomic mass is 127. The van der Waals surface area contributed by atoms with Crippen LogP contribution in [0.15, 0.2) is 41.3 Å².